The fourth-order valence-electron chi connectivity index (χ4n) is 4.08. The van der Waals surface area contributed by atoms with Gasteiger partial charge in [-0.2, -0.15) is 10.2 Å². The second-order valence-corrected chi connectivity index (χ2v) is 6.66. The van der Waals surface area contributed by atoms with Gasteiger partial charge in [0.2, 0.25) is 0 Å². The summed E-state index contributed by atoms with van der Waals surface area (Å²) in [6.45, 7) is 2.04. The third kappa shape index (κ3) is 2.00. The van der Waals surface area contributed by atoms with Gasteiger partial charge in [0, 0.05) is 28.1 Å². The second kappa shape index (κ2) is 5.31. The Kier molecular flexibility index (Phi) is 3.07. The van der Waals surface area contributed by atoms with Gasteiger partial charge in [-0.1, -0.05) is 0 Å². The summed E-state index contributed by atoms with van der Waals surface area (Å²) < 4.78 is 5.56. The maximum Gasteiger partial charge on any atom is 0.146 e. The van der Waals surface area contributed by atoms with Gasteiger partial charge in [-0.05, 0) is 43.7 Å². The van der Waals surface area contributed by atoms with Crippen molar-refractivity contribution in [2.75, 3.05) is 7.11 Å². The van der Waals surface area contributed by atoms with E-state index >= 15 is 0 Å². The number of nitrogens with zero attached hydrogens (tertiary/aromatic N) is 3. The molecule has 0 saturated carbocycles. The van der Waals surface area contributed by atoms with Crippen LogP contribution in [0.15, 0.2) is 18.5 Å². The zero-order valence-electron chi connectivity index (χ0n) is 14.3. The Morgan fingerprint density at radius 3 is 2.60 bits per heavy atom. The number of methoxy groups -OCH3 is 1. The van der Waals surface area contributed by atoms with E-state index in [1.54, 1.807) is 7.11 Å². The number of hydrogen-bond donors (Lipinski definition) is 2. The van der Waals surface area contributed by atoms with Crippen LogP contribution in [-0.4, -0.2) is 32.5 Å². The van der Waals surface area contributed by atoms with Gasteiger partial charge in [0.25, 0.3) is 0 Å². The van der Waals surface area contributed by atoms with Crippen LogP contribution in [0.1, 0.15) is 29.7 Å². The topological polar surface area (TPSA) is 79.5 Å². The third-order valence-corrected chi connectivity index (χ3v) is 5.27. The standard InChI is InChI=1S/C19H19N5O/c1-10-13(8-20-23-10)18-12-6-4-3-5-11(12)17-14-9-21-24-19(14)16(25-2)7-15(17)22-18/h7-9H,3-6H2,1-2H3,(H,20,23)(H,21,24). The van der Waals surface area contributed by atoms with Gasteiger partial charge in [-0.3, -0.25) is 10.2 Å². The molecule has 0 bridgehead atoms. The van der Waals surface area contributed by atoms with Crippen molar-refractivity contribution in [3.05, 3.63) is 35.3 Å². The highest BCUT2D eigenvalue weighted by Gasteiger charge is 2.23. The largest absolute Gasteiger partial charge is 0.494 e. The lowest BCUT2D eigenvalue weighted by Crippen LogP contribution is -2.08. The van der Waals surface area contributed by atoms with Crippen LogP contribution in [-0.2, 0) is 12.8 Å². The lowest BCUT2D eigenvalue weighted by molar-refractivity contribution is 0.419. The lowest BCUT2D eigenvalue weighted by atomic mass is 9.85. The Balaban J connectivity index is 1.95. The summed E-state index contributed by atoms with van der Waals surface area (Å²) in [6.07, 6.45) is 8.32. The van der Waals surface area contributed by atoms with E-state index in [9.17, 15) is 0 Å². The van der Waals surface area contributed by atoms with Crippen LogP contribution >= 0.6 is 0 Å². The smallest absolute Gasteiger partial charge is 0.146 e. The number of aromatic nitrogens is 5. The molecule has 0 amide bonds. The number of ether oxygens (including phenoxy) is 1. The van der Waals surface area contributed by atoms with Crippen molar-refractivity contribution >= 4 is 21.8 Å². The summed E-state index contributed by atoms with van der Waals surface area (Å²) in [7, 11) is 1.68. The van der Waals surface area contributed by atoms with E-state index in [1.165, 1.54) is 29.4 Å². The third-order valence-electron chi connectivity index (χ3n) is 5.27. The van der Waals surface area contributed by atoms with Gasteiger partial charge in [0.15, 0.2) is 0 Å². The molecule has 1 aliphatic rings. The number of aromatic amines is 2. The van der Waals surface area contributed by atoms with Crippen LogP contribution in [0.5, 0.6) is 5.75 Å². The van der Waals surface area contributed by atoms with Crippen LogP contribution in [0.25, 0.3) is 33.1 Å². The van der Waals surface area contributed by atoms with Gasteiger partial charge < -0.3 is 4.74 Å². The lowest BCUT2D eigenvalue weighted by Gasteiger charge is -2.22. The average molecular weight is 333 g/mol. The summed E-state index contributed by atoms with van der Waals surface area (Å²) >= 11 is 0. The Labute approximate surface area is 144 Å². The Morgan fingerprint density at radius 2 is 1.84 bits per heavy atom. The summed E-state index contributed by atoms with van der Waals surface area (Å²) in [5, 5.41) is 16.9. The molecular weight excluding hydrogens is 314 g/mol. The molecule has 1 aliphatic carbocycles. The molecule has 2 N–H and O–H groups in total. The highest BCUT2D eigenvalue weighted by Crippen LogP contribution is 2.40. The predicted molar refractivity (Wildman–Crippen MR) is 96.9 cm³/mol. The molecular formula is C19H19N5O. The van der Waals surface area contributed by atoms with E-state index in [1.807, 2.05) is 25.4 Å². The molecule has 4 aromatic rings. The normalized spacial score (nSPS) is 14.2. The highest BCUT2D eigenvalue weighted by atomic mass is 16.5. The first-order chi connectivity index (χ1) is 12.3. The van der Waals surface area contributed by atoms with Gasteiger partial charge in [-0.25, -0.2) is 4.98 Å². The summed E-state index contributed by atoms with van der Waals surface area (Å²) in [4.78, 5) is 5.05. The fraction of sp³-hybridized carbons (Fsp3) is 0.316. The Bertz CT molecular complexity index is 1110. The molecule has 25 heavy (non-hydrogen) atoms. The molecule has 3 aromatic heterocycles. The molecule has 0 atom stereocenters. The molecule has 0 fully saturated rings. The first-order valence-corrected chi connectivity index (χ1v) is 8.64. The summed E-state index contributed by atoms with van der Waals surface area (Å²) in [5.41, 5.74) is 7.86. The van der Waals surface area contributed by atoms with E-state index in [4.69, 9.17) is 9.72 Å². The summed E-state index contributed by atoms with van der Waals surface area (Å²) in [6, 6.07) is 2.02. The van der Waals surface area contributed by atoms with Crippen LogP contribution in [0.4, 0.5) is 0 Å². The van der Waals surface area contributed by atoms with Crippen molar-refractivity contribution in [3.63, 3.8) is 0 Å². The van der Waals surface area contributed by atoms with Crippen LogP contribution in [0.3, 0.4) is 0 Å². The molecule has 1 aromatic carbocycles. The number of pyridine rings is 1. The van der Waals surface area contributed by atoms with Crippen molar-refractivity contribution in [1.82, 2.24) is 25.4 Å². The van der Waals surface area contributed by atoms with Crippen molar-refractivity contribution in [3.8, 4) is 17.0 Å². The number of rotatable bonds is 2. The van der Waals surface area contributed by atoms with Crippen LogP contribution in [0, 0.1) is 6.92 Å². The first-order valence-electron chi connectivity index (χ1n) is 8.64. The average Bonchev–Trinajstić information content (AvgIpc) is 3.29. The second-order valence-electron chi connectivity index (χ2n) is 6.66. The first kappa shape index (κ1) is 14.5. The molecule has 126 valence electrons. The number of aryl methyl sites for hydroxylation is 2. The Hall–Kier alpha value is -2.89. The van der Waals surface area contributed by atoms with Gasteiger partial charge in [-0.15, -0.1) is 0 Å². The van der Waals surface area contributed by atoms with E-state index in [0.29, 0.717) is 0 Å². The molecule has 3 heterocycles. The monoisotopic (exact) mass is 333 g/mol. The van der Waals surface area contributed by atoms with Gasteiger partial charge >= 0.3 is 0 Å². The molecule has 0 unspecified atom stereocenters. The minimum absolute atomic E-state index is 0.776. The number of fused-ring (bicyclic) bond motifs is 5. The molecule has 6 nitrogen and oxygen atoms in total. The Morgan fingerprint density at radius 1 is 1.04 bits per heavy atom. The SMILES string of the molecule is COc1cc2nc(-c3cn[nH]c3C)c3c(c2c2cn[nH]c12)CCCC3. The number of benzene rings is 1. The maximum atomic E-state index is 5.56. The van der Waals surface area contributed by atoms with E-state index in [-0.39, 0.29) is 0 Å². The summed E-state index contributed by atoms with van der Waals surface area (Å²) in [5.74, 6) is 0.776. The number of nitrogens with one attached hydrogen (secondary N) is 2. The van der Waals surface area contributed by atoms with Crippen molar-refractivity contribution in [2.24, 2.45) is 0 Å². The van der Waals surface area contributed by atoms with E-state index < -0.39 is 0 Å². The number of hydrogen-bond acceptors (Lipinski definition) is 4. The van der Waals surface area contributed by atoms with Crippen molar-refractivity contribution in [1.29, 1.82) is 0 Å². The van der Waals surface area contributed by atoms with Crippen molar-refractivity contribution in [2.45, 2.75) is 32.6 Å². The van der Waals surface area contributed by atoms with E-state index in [0.717, 1.165) is 52.0 Å². The van der Waals surface area contributed by atoms with Gasteiger partial charge in [0.05, 0.1) is 30.7 Å². The zero-order chi connectivity index (χ0) is 17.0. The highest BCUT2D eigenvalue weighted by molar-refractivity contribution is 6.10. The molecule has 0 saturated heterocycles. The molecule has 6 heteroatoms. The van der Waals surface area contributed by atoms with Crippen molar-refractivity contribution < 1.29 is 4.74 Å². The molecule has 0 spiro atoms. The predicted octanol–water partition coefficient (Wildman–Crippen LogP) is 3.70. The van der Waals surface area contributed by atoms with Crippen LogP contribution in [0.2, 0.25) is 0 Å². The molecule has 0 aliphatic heterocycles. The zero-order valence-corrected chi connectivity index (χ0v) is 14.3. The van der Waals surface area contributed by atoms with Crippen LogP contribution < -0.4 is 4.74 Å². The minimum atomic E-state index is 0.776. The minimum Gasteiger partial charge on any atom is -0.494 e. The molecule has 5 rings (SSSR count). The molecule has 0 radical (unpaired) electrons. The quantitative estimate of drug-likeness (QED) is 0.586. The van der Waals surface area contributed by atoms with E-state index in [2.05, 4.69) is 20.4 Å². The van der Waals surface area contributed by atoms with Gasteiger partial charge in [0.1, 0.15) is 11.3 Å². The maximum absolute atomic E-state index is 5.56. The fourth-order valence-corrected chi connectivity index (χ4v) is 4.08. The number of H-pyrrole nitrogens is 2.